The van der Waals surface area contributed by atoms with Crippen LogP contribution >= 0.6 is 0 Å². The van der Waals surface area contributed by atoms with E-state index in [0.717, 1.165) is 17.8 Å². The number of rotatable bonds is 8. The topological polar surface area (TPSA) is 41.9 Å². The molecule has 0 aliphatic carbocycles. The minimum absolute atomic E-state index is 0.193. The summed E-state index contributed by atoms with van der Waals surface area (Å²) in [7, 11) is -2.63. The lowest BCUT2D eigenvalue weighted by atomic mass is 9.95. The van der Waals surface area contributed by atoms with Gasteiger partial charge in [-0.25, -0.2) is 13.0 Å². The van der Waals surface area contributed by atoms with E-state index >= 15 is 4.39 Å². The number of hydrogen-bond donors (Lipinski definition) is 0. The van der Waals surface area contributed by atoms with Crippen LogP contribution in [0.2, 0.25) is 0 Å². The van der Waals surface area contributed by atoms with Gasteiger partial charge in [-0.3, -0.25) is 0 Å². The molecular weight excluding hydrogens is 411 g/mol. The van der Waals surface area contributed by atoms with E-state index in [4.69, 9.17) is 4.74 Å². The number of alkyl halides is 1. The van der Waals surface area contributed by atoms with Crippen LogP contribution in [-0.4, -0.2) is 42.4 Å². The van der Waals surface area contributed by atoms with Crippen LogP contribution in [0.15, 0.2) is 57.8 Å². The molecule has 2 aromatic rings. The maximum atomic E-state index is 15.8. The Morgan fingerprint density at radius 3 is 2.39 bits per heavy atom. The standard InChI is InChI=1S/C25H35FN2O2S/c1-5-21-10-12-22(13-11-21)28(19-25(26)14-16-30-17-15-25)23-8-6-7-9-24(23)31(4,29)27-18-20(2)3/h6-13,20H,5,14-19H2,1-4H3. The third kappa shape index (κ3) is 6.07. The third-order valence-corrected chi connectivity index (χ3v) is 7.54. The summed E-state index contributed by atoms with van der Waals surface area (Å²) < 4.78 is 39.4. The third-order valence-electron chi connectivity index (χ3n) is 5.74. The lowest BCUT2D eigenvalue weighted by Crippen LogP contribution is -2.42. The lowest BCUT2D eigenvalue weighted by Gasteiger charge is -2.37. The van der Waals surface area contributed by atoms with Crippen LogP contribution in [0.4, 0.5) is 15.8 Å². The molecule has 0 radical (unpaired) electrons. The number of ether oxygens (including phenoxy) is 1. The van der Waals surface area contributed by atoms with Gasteiger partial charge in [0.1, 0.15) is 5.67 Å². The first-order valence-electron chi connectivity index (χ1n) is 11.1. The molecule has 1 heterocycles. The predicted molar refractivity (Wildman–Crippen MR) is 128 cm³/mol. The van der Waals surface area contributed by atoms with E-state index in [0.29, 0.717) is 43.4 Å². The Bertz CT molecular complexity index is 975. The van der Waals surface area contributed by atoms with Crippen molar-refractivity contribution in [1.82, 2.24) is 0 Å². The first-order chi connectivity index (χ1) is 14.7. The number of para-hydroxylation sites is 1. The van der Waals surface area contributed by atoms with Crippen molar-refractivity contribution in [3.8, 4) is 0 Å². The molecule has 1 saturated heterocycles. The van der Waals surface area contributed by atoms with Crippen molar-refractivity contribution in [3.63, 3.8) is 0 Å². The largest absolute Gasteiger partial charge is 0.381 e. The molecule has 1 aliphatic rings. The molecule has 0 bridgehead atoms. The van der Waals surface area contributed by atoms with E-state index in [1.165, 1.54) is 5.56 Å². The van der Waals surface area contributed by atoms with Crippen LogP contribution < -0.4 is 4.90 Å². The number of nitrogens with zero attached hydrogens (tertiary/aromatic N) is 2. The first-order valence-corrected chi connectivity index (χ1v) is 13.1. The molecule has 6 heteroatoms. The van der Waals surface area contributed by atoms with Gasteiger partial charge in [-0.1, -0.05) is 45.0 Å². The van der Waals surface area contributed by atoms with Gasteiger partial charge in [0.25, 0.3) is 0 Å². The molecule has 4 nitrogen and oxygen atoms in total. The second-order valence-electron chi connectivity index (χ2n) is 8.85. The summed E-state index contributed by atoms with van der Waals surface area (Å²) in [5, 5.41) is 0. The second kappa shape index (κ2) is 10.1. The summed E-state index contributed by atoms with van der Waals surface area (Å²) in [5.41, 5.74) is 1.52. The number of anilines is 2. The van der Waals surface area contributed by atoms with E-state index in [1.807, 2.05) is 41.3 Å². The molecule has 1 aliphatic heterocycles. The highest BCUT2D eigenvalue weighted by atomic mass is 32.2. The molecular formula is C25H35FN2O2S. The van der Waals surface area contributed by atoms with Crippen molar-refractivity contribution < 1.29 is 13.3 Å². The molecule has 0 amide bonds. The Labute approximate surface area is 187 Å². The molecule has 170 valence electrons. The molecule has 0 aromatic heterocycles. The van der Waals surface area contributed by atoms with Crippen molar-refractivity contribution in [2.75, 3.05) is 37.5 Å². The SMILES string of the molecule is CCc1ccc(N(CC2(F)CCOCC2)c2ccccc2S(C)(=O)=NCC(C)C)cc1. The fourth-order valence-electron chi connectivity index (χ4n) is 3.77. The predicted octanol–water partition coefficient (Wildman–Crippen LogP) is 6.02. The fourth-order valence-corrected chi connectivity index (χ4v) is 5.39. The van der Waals surface area contributed by atoms with Gasteiger partial charge >= 0.3 is 0 Å². The lowest BCUT2D eigenvalue weighted by molar-refractivity contribution is -0.00332. The summed E-state index contributed by atoms with van der Waals surface area (Å²) in [4.78, 5) is 2.64. The molecule has 1 unspecified atom stereocenters. The van der Waals surface area contributed by atoms with Crippen molar-refractivity contribution in [2.45, 2.75) is 50.6 Å². The van der Waals surface area contributed by atoms with Crippen LogP contribution in [0.1, 0.15) is 39.2 Å². The Hall–Kier alpha value is -1.92. The minimum atomic E-state index is -2.63. The minimum Gasteiger partial charge on any atom is -0.381 e. The smallest absolute Gasteiger partial charge is 0.133 e. The number of aryl methyl sites for hydroxylation is 1. The Balaban J connectivity index is 2.09. The molecule has 1 atom stereocenters. The maximum Gasteiger partial charge on any atom is 0.133 e. The Morgan fingerprint density at radius 1 is 1.13 bits per heavy atom. The van der Waals surface area contributed by atoms with Gasteiger partial charge in [0.2, 0.25) is 0 Å². The molecule has 1 fully saturated rings. The fraction of sp³-hybridized carbons (Fsp3) is 0.520. The second-order valence-corrected chi connectivity index (χ2v) is 11.1. The number of halogens is 1. The molecule has 3 rings (SSSR count). The highest BCUT2D eigenvalue weighted by Gasteiger charge is 2.36. The first kappa shape index (κ1) is 23.7. The Morgan fingerprint density at radius 2 is 1.77 bits per heavy atom. The summed E-state index contributed by atoms with van der Waals surface area (Å²) in [6.07, 6.45) is 3.35. The van der Waals surface area contributed by atoms with Crippen LogP contribution in [0.3, 0.4) is 0 Å². The molecule has 2 aromatic carbocycles. The molecule has 31 heavy (non-hydrogen) atoms. The Kier molecular flexibility index (Phi) is 7.76. The number of hydrogen-bond acceptors (Lipinski definition) is 4. The normalized spacial score (nSPS) is 17.9. The molecule has 0 spiro atoms. The van der Waals surface area contributed by atoms with Crippen LogP contribution in [0.5, 0.6) is 0 Å². The molecule has 0 saturated carbocycles. The maximum absolute atomic E-state index is 15.8. The van der Waals surface area contributed by atoms with Crippen molar-refractivity contribution in [3.05, 3.63) is 54.1 Å². The van der Waals surface area contributed by atoms with Crippen LogP contribution in [0, 0.1) is 5.92 Å². The zero-order valence-corrected chi connectivity index (χ0v) is 20.0. The van der Waals surface area contributed by atoms with Crippen molar-refractivity contribution in [1.29, 1.82) is 0 Å². The zero-order valence-electron chi connectivity index (χ0n) is 19.1. The van der Waals surface area contributed by atoms with Gasteiger partial charge in [-0.2, -0.15) is 0 Å². The van der Waals surface area contributed by atoms with Gasteiger partial charge < -0.3 is 9.64 Å². The van der Waals surface area contributed by atoms with Crippen molar-refractivity contribution >= 4 is 21.1 Å². The van der Waals surface area contributed by atoms with E-state index in [1.54, 1.807) is 6.26 Å². The van der Waals surface area contributed by atoms with Gasteiger partial charge in [0, 0.05) is 38.0 Å². The average Bonchev–Trinajstić information content (AvgIpc) is 2.77. The summed E-state index contributed by atoms with van der Waals surface area (Å²) in [5.74, 6) is 0.321. The van der Waals surface area contributed by atoms with Gasteiger partial charge in [-0.05, 0) is 42.2 Å². The van der Waals surface area contributed by atoms with Crippen LogP contribution in [-0.2, 0) is 20.9 Å². The van der Waals surface area contributed by atoms with Gasteiger partial charge in [-0.15, -0.1) is 0 Å². The monoisotopic (exact) mass is 446 g/mol. The zero-order chi connectivity index (χ0) is 22.5. The summed E-state index contributed by atoms with van der Waals surface area (Å²) in [6.45, 7) is 7.81. The van der Waals surface area contributed by atoms with E-state index in [2.05, 4.69) is 37.3 Å². The number of benzene rings is 2. The van der Waals surface area contributed by atoms with Gasteiger partial charge in [0.15, 0.2) is 0 Å². The highest BCUT2D eigenvalue weighted by Crippen LogP contribution is 2.37. The van der Waals surface area contributed by atoms with Gasteiger partial charge in [0.05, 0.1) is 33.4 Å². The summed E-state index contributed by atoms with van der Waals surface area (Å²) >= 11 is 0. The average molecular weight is 447 g/mol. The quantitative estimate of drug-likeness (QED) is 0.498. The molecule has 0 N–H and O–H groups in total. The van der Waals surface area contributed by atoms with E-state index in [-0.39, 0.29) is 6.54 Å². The summed E-state index contributed by atoms with van der Waals surface area (Å²) in [6, 6.07) is 15.8. The van der Waals surface area contributed by atoms with E-state index < -0.39 is 15.4 Å². The van der Waals surface area contributed by atoms with Crippen molar-refractivity contribution in [2.24, 2.45) is 10.3 Å². The van der Waals surface area contributed by atoms with E-state index in [9.17, 15) is 4.21 Å². The highest BCUT2D eigenvalue weighted by molar-refractivity contribution is 7.93. The van der Waals surface area contributed by atoms with Crippen LogP contribution in [0.25, 0.3) is 0 Å².